The lowest BCUT2D eigenvalue weighted by Crippen LogP contribution is -2.29. The monoisotopic (exact) mass is 794 g/mol. The predicted octanol–water partition coefficient (Wildman–Crippen LogP) is 12.7. The average Bonchev–Trinajstić information content (AvgIpc) is 3.17. The fourth-order valence-electron chi connectivity index (χ4n) is 4.67. The van der Waals surface area contributed by atoms with Gasteiger partial charge in [0.1, 0.15) is 6.61 Å². The molecule has 0 aromatic rings. The summed E-state index contributed by atoms with van der Waals surface area (Å²) in [7, 11) is -4.80. The Labute approximate surface area is 339 Å². The highest BCUT2D eigenvalue weighted by Gasteiger charge is 2.22. The summed E-state index contributed by atoms with van der Waals surface area (Å²) in [5, 5.41) is 0. The Hall–Kier alpha value is -3.81. The van der Waals surface area contributed by atoms with Crippen molar-refractivity contribution < 1.29 is 37.9 Å². The van der Waals surface area contributed by atoms with E-state index < -0.39 is 32.5 Å². The van der Waals surface area contributed by atoms with Crippen LogP contribution in [0.1, 0.15) is 129 Å². The van der Waals surface area contributed by atoms with E-state index in [0.29, 0.717) is 12.8 Å². The minimum Gasteiger partial charge on any atom is -0.462 e. The van der Waals surface area contributed by atoms with Crippen molar-refractivity contribution in [2.75, 3.05) is 13.2 Å². The number of esters is 2. The lowest BCUT2D eigenvalue weighted by Gasteiger charge is -2.18. The summed E-state index contributed by atoms with van der Waals surface area (Å²) in [4.78, 5) is 42.8. The molecule has 2 N–H and O–H groups in total. The summed E-state index contributed by atoms with van der Waals surface area (Å²) in [6.45, 7) is 3.39. The molecule has 1 atom stereocenters. The molecule has 9 heteroatoms. The quantitative estimate of drug-likeness (QED) is 0.0282. The van der Waals surface area contributed by atoms with Crippen molar-refractivity contribution in [3.05, 3.63) is 134 Å². The maximum atomic E-state index is 12.4. The first-order chi connectivity index (χ1) is 27.3. The second-order valence-corrected chi connectivity index (χ2v) is 14.1. The van der Waals surface area contributed by atoms with Crippen LogP contribution in [0, 0.1) is 0 Å². The zero-order valence-corrected chi connectivity index (χ0v) is 35.1. The Balaban J connectivity index is 4.22. The Kier molecular flexibility index (Phi) is 38.1. The zero-order chi connectivity index (χ0) is 41.1. The molecule has 0 aromatic heterocycles. The highest BCUT2D eigenvalue weighted by Crippen LogP contribution is 2.35. The van der Waals surface area contributed by atoms with Gasteiger partial charge in [-0.15, -0.1) is 0 Å². The van der Waals surface area contributed by atoms with Crippen LogP contribution in [0.15, 0.2) is 134 Å². The van der Waals surface area contributed by atoms with Gasteiger partial charge in [0.2, 0.25) is 0 Å². The topological polar surface area (TPSA) is 119 Å². The van der Waals surface area contributed by atoms with E-state index in [0.717, 1.165) is 64.2 Å². The van der Waals surface area contributed by atoms with Gasteiger partial charge in [0.25, 0.3) is 0 Å². The van der Waals surface area contributed by atoms with Gasteiger partial charge < -0.3 is 19.3 Å². The van der Waals surface area contributed by atoms with Crippen molar-refractivity contribution in [1.29, 1.82) is 0 Å². The van der Waals surface area contributed by atoms with E-state index in [1.54, 1.807) is 0 Å². The normalized spacial score (nSPS) is 13.9. The first-order valence-corrected chi connectivity index (χ1v) is 22.0. The Morgan fingerprint density at radius 3 is 1.21 bits per heavy atom. The maximum Gasteiger partial charge on any atom is 0.469 e. The van der Waals surface area contributed by atoms with Crippen LogP contribution in [0.2, 0.25) is 0 Å². The van der Waals surface area contributed by atoms with E-state index in [-0.39, 0.29) is 19.4 Å². The number of carbonyl (C=O) groups is 2. The van der Waals surface area contributed by atoms with Gasteiger partial charge >= 0.3 is 19.8 Å². The largest absolute Gasteiger partial charge is 0.469 e. The number of unbranched alkanes of at least 4 members (excludes halogenated alkanes) is 3. The van der Waals surface area contributed by atoms with Crippen LogP contribution in [0.4, 0.5) is 0 Å². The molecule has 0 rings (SSSR count). The molecule has 0 fully saturated rings. The van der Waals surface area contributed by atoms with Gasteiger partial charge in [0.15, 0.2) is 6.10 Å². The molecule has 8 nitrogen and oxygen atoms in total. The fraction of sp³-hybridized carbons (Fsp3) is 0.489. The van der Waals surface area contributed by atoms with Gasteiger partial charge in [0, 0.05) is 12.8 Å². The van der Waals surface area contributed by atoms with E-state index in [4.69, 9.17) is 19.3 Å². The van der Waals surface area contributed by atoms with Gasteiger partial charge in [-0.1, -0.05) is 160 Å². The molecule has 312 valence electrons. The first-order valence-electron chi connectivity index (χ1n) is 20.5. The number of phosphoric acid groups is 1. The SMILES string of the molecule is CC/C=C/C/C=C/C/C=C/C/C=C/C/C=C/C/C=C/CCC(=O)O[C@H](COC(=O)CC/C=C/C/C=C/C/C=C/C/C=C/C/C=C/CCCCC)COP(=O)(O)O. The minimum atomic E-state index is -4.80. The molecule has 0 saturated heterocycles. The standard InChI is InChI=1S/C47H71O8P/c1-3-5-7-9-11-13-15-17-19-21-23-25-27-29-31-33-35-37-39-41-46(48)53-43-45(44-54-56(50,51)52)55-47(49)42-40-38-36-34-32-30-28-26-24-22-20-18-16-14-12-10-8-6-4-2/h6,8,11-14,17-20,23-26,29-32,35-38,45H,3-5,7,9-10,15-16,21-22,27-28,33-34,39-44H2,1-2H3,(H2,50,51,52)/b8-6+,13-11+,14-12+,19-17+,20-18+,25-23+,26-24+,31-29+,32-30+,37-35+,38-36+/t45-/m1/s1. The summed E-state index contributed by atoms with van der Waals surface area (Å²) in [5.74, 6) is -1.10. The minimum absolute atomic E-state index is 0.0623. The van der Waals surface area contributed by atoms with Crippen molar-refractivity contribution >= 4 is 19.8 Å². The van der Waals surface area contributed by atoms with Crippen LogP contribution in [0.25, 0.3) is 0 Å². The van der Waals surface area contributed by atoms with Crippen LogP contribution in [-0.2, 0) is 28.2 Å². The maximum absolute atomic E-state index is 12.4. The van der Waals surface area contributed by atoms with E-state index in [1.165, 1.54) is 25.7 Å². The molecule has 0 aliphatic carbocycles. The van der Waals surface area contributed by atoms with Crippen LogP contribution < -0.4 is 0 Å². The van der Waals surface area contributed by atoms with Crippen molar-refractivity contribution in [2.45, 2.75) is 136 Å². The Morgan fingerprint density at radius 2 is 0.839 bits per heavy atom. The molecule has 0 unspecified atom stereocenters. The van der Waals surface area contributed by atoms with E-state index >= 15 is 0 Å². The van der Waals surface area contributed by atoms with E-state index in [9.17, 15) is 14.2 Å². The van der Waals surface area contributed by atoms with Gasteiger partial charge in [0.05, 0.1) is 6.61 Å². The number of hydrogen-bond donors (Lipinski definition) is 2. The highest BCUT2D eigenvalue weighted by molar-refractivity contribution is 7.46. The van der Waals surface area contributed by atoms with Crippen LogP contribution in [0.5, 0.6) is 0 Å². The summed E-state index contributed by atoms with van der Waals surface area (Å²) in [6.07, 6.45) is 60.5. The predicted molar refractivity (Wildman–Crippen MR) is 234 cm³/mol. The van der Waals surface area contributed by atoms with Crippen molar-refractivity contribution in [2.24, 2.45) is 0 Å². The third-order valence-electron chi connectivity index (χ3n) is 7.68. The molecule has 0 aliphatic heterocycles. The third kappa shape index (κ3) is 42.9. The van der Waals surface area contributed by atoms with Crippen LogP contribution in [0.3, 0.4) is 0 Å². The molecule has 0 radical (unpaired) electrons. The molecule has 0 saturated carbocycles. The summed E-state index contributed by atoms with van der Waals surface area (Å²) < 4.78 is 26.2. The Bertz CT molecular complexity index is 1350. The molecule has 0 spiro atoms. The summed E-state index contributed by atoms with van der Waals surface area (Å²) in [6, 6.07) is 0. The van der Waals surface area contributed by atoms with Crippen LogP contribution in [-0.4, -0.2) is 41.0 Å². The molecule has 0 bridgehead atoms. The number of hydrogen-bond acceptors (Lipinski definition) is 6. The van der Waals surface area contributed by atoms with Gasteiger partial charge in [-0.05, 0) is 89.9 Å². The molecular formula is C47H71O8P. The van der Waals surface area contributed by atoms with Crippen molar-refractivity contribution in [3.8, 4) is 0 Å². The lowest BCUT2D eigenvalue weighted by atomic mass is 10.2. The molecular weight excluding hydrogens is 723 g/mol. The fourth-order valence-corrected chi connectivity index (χ4v) is 5.03. The summed E-state index contributed by atoms with van der Waals surface area (Å²) >= 11 is 0. The zero-order valence-electron chi connectivity index (χ0n) is 34.2. The van der Waals surface area contributed by atoms with E-state index in [1.807, 2.05) is 24.3 Å². The number of carbonyl (C=O) groups excluding carboxylic acids is 2. The molecule has 0 amide bonds. The second kappa shape index (κ2) is 40.8. The van der Waals surface area contributed by atoms with Gasteiger partial charge in [-0.3, -0.25) is 14.1 Å². The molecule has 56 heavy (non-hydrogen) atoms. The highest BCUT2D eigenvalue weighted by atomic mass is 31.2. The molecule has 0 heterocycles. The first kappa shape index (κ1) is 52.2. The van der Waals surface area contributed by atoms with Crippen molar-refractivity contribution in [3.63, 3.8) is 0 Å². The van der Waals surface area contributed by atoms with Crippen LogP contribution >= 0.6 is 7.82 Å². The summed E-state index contributed by atoms with van der Waals surface area (Å²) in [5.41, 5.74) is 0. The number of phosphoric ester groups is 1. The van der Waals surface area contributed by atoms with Gasteiger partial charge in [-0.25, -0.2) is 4.57 Å². The van der Waals surface area contributed by atoms with E-state index in [2.05, 4.69) is 128 Å². The number of allylic oxidation sites excluding steroid dienone is 22. The average molecular weight is 795 g/mol. The molecule has 0 aliphatic rings. The number of ether oxygens (including phenoxy) is 2. The van der Waals surface area contributed by atoms with Crippen molar-refractivity contribution in [1.82, 2.24) is 0 Å². The molecule has 0 aromatic carbocycles. The second-order valence-electron chi connectivity index (χ2n) is 12.9. The smallest absolute Gasteiger partial charge is 0.462 e. The third-order valence-corrected chi connectivity index (χ3v) is 8.17. The number of rotatable bonds is 35. The Morgan fingerprint density at radius 1 is 0.482 bits per heavy atom. The lowest BCUT2D eigenvalue weighted by molar-refractivity contribution is -0.161. The van der Waals surface area contributed by atoms with Gasteiger partial charge in [-0.2, -0.15) is 0 Å².